The molecule has 8 nitrogen and oxygen atoms in total. The minimum atomic E-state index is -0.953. The number of hydrogen-bond donors (Lipinski definition) is 1. The van der Waals surface area contributed by atoms with Gasteiger partial charge >= 0.3 is 0 Å². The van der Waals surface area contributed by atoms with Crippen LogP contribution in [-0.2, 0) is 0 Å². The molecule has 1 aliphatic rings. The molecule has 3 aromatic carbocycles. The van der Waals surface area contributed by atoms with Crippen LogP contribution in [0.15, 0.2) is 96.5 Å². The fourth-order valence-corrected chi connectivity index (χ4v) is 4.33. The molecule has 1 aromatic heterocycles. The molecule has 2 heterocycles. The maximum atomic E-state index is 14.0. The van der Waals surface area contributed by atoms with Crippen molar-refractivity contribution in [3.8, 4) is 28.8 Å². The van der Waals surface area contributed by atoms with Gasteiger partial charge in [0, 0.05) is 16.7 Å². The van der Waals surface area contributed by atoms with Crippen LogP contribution in [0.1, 0.15) is 27.9 Å². The van der Waals surface area contributed by atoms with Crippen LogP contribution in [-0.4, -0.2) is 27.9 Å². The number of hydrogen-bond acceptors (Lipinski definition) is 7. The van der Waals surface area contributed by atoms with Crippen LogP contribution < -0.4 is 15.2 Å². The van der Waals surface area contributed by atoms with Crippen LogP contribution in [0.4, 0.5) is 0 Å². The van der Waals surface area contributed by atoms with E-state index in [4.69, 9.17) is 15.2 Å². The minimum absolute atomic E-state index is 0.0799. The topological polar surface area (TPSA) is 116 Å². The first-order valence-electron chi connectivity index (χ1n) is 10.9. The van der Waals surface area contributed by atoms with E-state index in [0.29, 0.717) is 28.3 Å². The summed E-state index contributed by atoms with van der Waals surface area (Å²) >= 11 is 0. The molecule has 2 atom stereocenters. The van der Waals surface area contributed by atoms with Crippen molar-refractivity contribution in [3.05, 3.63) is 108 Å². The van der Waals surface area contributed by atoms with Gasteiger partial charge < -0.3 is 15.2 Å². The summed E-state index contributed by atoms with van der Waals surface area (Å²) in [6.07, 6.45) is 1.71. The van der Waals surface area contributed by atoms with Crippen molar-refractivity contribution < 1.29 is 14.3 Å². The Kier molecular flexibility index (Phi) is 5.73. The number of aromatic nitrogens is 3. The Morgan fingerprint density at radius 1 is 1.09 bits per heavy atom. The lowest BCUT2D eigenvalue weighted by atomic mass is 9.80. The number of nitriles is 1. The number of ether oxygens (including phenoxy) is 2. The Bertz CT molecular complexity index is 1460. The fraction of sp³-hybridized carbons (Fsp3) is 0.111. The highest BCUT2D eigenvalue weighted by Crippen LogP contribution is 2.48. The van der Waals surface area contributed by atoms with Gasteiger partial charge in [0.25, 0.3) is 0 Å². The van der Waals surface area contributed by atoms with Crippen LogP contribution in [0.3, 0.4) is 0 Å². The summed E-state index contributed by atoms with van der Waals surface area (Å²) in [4.78, 5) is 14.0. The largest absolute Gasteiger partial charge is 0.493 e. The van der Waals surface area contributed by atoms with Crippen LogP contribution >= 0.6 is 0 Å². The molecule has 0 saturated carbocycles. The maximum absolute atomic E-state index is 14.0. The normalized spacial score (nSPS) is 15.5. The lowest BCUT2D eigenvalue weighted by Gasteiger charge is -2.32. The van der Waals surface area contributed by atoms with Crippen LogP contribution in [0, 0.1) is 11.3 Å². The zero-order chi connectivity index (χ0) is 24.4. The van der Waals surface area contributed by atoms with Gasteiger partial charge in [0.05, 0.1) is 24.8 Å². The quantitative estimate of drug-likeness (QED) is 0.425. The lowest BCUT2D eigenvalue weighted by Crippen LogP contribution is -2.32. The van der Waals surface area contributed by atoms with E-state index in [1.165, 1.54) is 11.8 Å². The number of Topliss-reactive ketones (excluding diaryl/α,β-unsaturated/α-hetero) is 1. The molecule has 2 unspecified atom stereocenters. The summed E-state index contributed by atoms with van der Waals surface area (Å²) in [5, 5.41) is 18.7. The Hall–Kier alpha value is -4.90. The van der Waals surface area contributed by atoms with Crippen molar-refractivity contribution >= 4 is 5.78 Å². The van der Waals surface area contributed by atoms with Crippen molar-refractivity contribution in [2.75, 3.05) is 7.11 Å². The number of ketones is 1. The molecule has 4 aromatic rings. The van der Waals surface area contributed by atoms with E-state index >= 15 is 0 Å². The van der Waals surface area contributed by atoms with E-state index in [0.717, 1.165) is 5.56 Å². The second-order valence-electron chi connectivity index (χ2n) is 7.97. The molecular weight excluding hydrogens is 442 g/mol. The standard InChI is InChI=1S/C27H21N5O3/c1-34-22-14-8-13-19-23(20(15-28)27(29)35-26(19)22)24(25(33)18-11-6-3-7-12-18)32-16-21(30-31-32)17-9-4-2-5-10-17/h2-14,16,23-24H,29H2,1H3. The van der Waals surface area contributed by atoms with Gasteiger partial charge in [0.1, 0.15) is 17.8 Å². The van der Waals surface area contributed by atoms with Crippen molar-refractivity contribution in [2.24, 2.45) is 5.73 Å². The summed E-state index contributed by atoms with van der Waals surface area (Å²) in [6.45, 7) is 0. The summed E-state index contributed by atoms with van der Waals surface area (Å²) in [5.41, 5.74) is 8.86. The van der Waals surface area contributed by atoms with Gasteiger partial charge in [-0.25, -0.2) is 4.68 Å². The summed E-state index contributed by atoms with van der Waals surface area (Å²) in [5.74, 6) is -0.287. The molecule has 8 heteroatoms. The first kappa shape index (κ1) is 21.9. The predicted octanol–water partition coefficient (Wildman–Crippen LogP) is 4.25. The van der Waals surface area contributed by atoms with Gasteiger partial charge in [-0.3, -0.25) is 4.79 Å². The molecule has 1 aliphatic heterocycles. The Balaban J connectivity index is 1.72. The van der Waals surface area contributed by atoms with Gasteiger partial charge in [0.2, 0.25) is 5.88 Å². The molecule has 0 aliphatic carbocycles. The average Bonchev–Trinajstić information content (AvgIpc) is 3.39. The summed E-state index contributed by atoms with van der Waals surface area (Å²) in [7, 11) is 1.52. The third kappa shape index (κ3) is 3.89. The number of nitrogens with two attached hydrogens (primary N) is 1. The van der Waals surface area contributed by atoms with Crippen molar-refractivity contribution in [2.45, 2.75) is 12.0 Å². The number of carbonyl (C=O) groups excluding carboxylic acids is 1. The smallest absolute Gasteiger partial charge is 0.205 e. The summed E-state index contributed by atoms with van der Waals surface area (Å²) in [6, 6.07) is 24.9. The second kappa shape index (κ2) is 9.15. The number of carbonyl (C=O) groups is 1. The monoisotopic (exact) mass is 463 g/mol. The molecule has 0 amide bonds. The molecule has 0 bridgehead atoms. The number of methoxy groups -OCH3 is 1. The number of nitrogens with zero attached hydrogens (tertiary/aromatic N) is 4. The zero-order valence-corrected chi connectivity index (χ0v) is 18.8. The Labute approximate surface area is 201 Å². The Morgan fingerprint density at radius 2 is 1.80 bits per heavy atom. The number of rotatable bonds is 6. The second-order valence-corrected chi connectivity index (χ2v) is 7.97. The SMILES string of the molecule is COc1cccc2c1OC(N)=C(C#N)C2C(C(=O)c1ccccc1)n1cc(-c2ccccc2)nn1. The maximum Gasteiger partial charge on any atom is 0.205 e. The van der Waals surface area contributed by atoms with E-state index in [-0.39, 0.29) is 17.2 Å². The molecule has 0 saturated heterocycles. The van der Waals surface area contributed by atoms with Gasteiger partial charge in [-0.1, -0.05) is 78.0 Å². The minimum Gasteiger partial charge on any atom is -0.493 e. The lowest BCUT2D eigenvalue weighted by molar-refractivity contribution is 0.0901. The predicted molar refractivity (Wildman–Crippen MR) is 128 cm³/mol. The average molecular weight is 463 g/mol. The summed E-state index contributed by atoms with van der Waals surface area (Å²) < 4.78 is 12.8. The van der Waals surface area contributed by atoms with Crippen molar-refractivity contribution in [1.29, 1.82) is 5.26 Å². The van der Waals surface area contributed by atoms with Gasteiger partial charge in [-0.2, -0.15) is 5.26 Å². The number of para-hydroxylation sites is 1. The van der Waals surface area contributed by atoms with E-state index < -0.39 is 12.0 Å². The van der Waals surface area contributed by atoms with E-state index in [1.807, 2.05) is 36.4 Å². The molecule has 0 radical (unpaired) electrons. The Morgan fingerprint density at radius 3 is 2.49 bits per heavy atom. The number of benzene rings is 3. The molecule has 172 valence electrons. The van der Waals surface area contributed by atoms with Crippen molar-refractivity contribution in [1.82, 2.24) is 15.0 Å². The molecule has 0 spiro atoms. The first-order chi connectivity index (χ1) is 17.1. The van der Waals surface area contributed by atoms with Gasteiger partial charge in [0.15, 0.2) is 17.3 Å². The highest BCUT2D eigenvalue weighted by Gasteiger charge is 2.42. The number of fused-ring (bicyclic) bond motifs is 1. The van der Waals surface area contributed by atoms with Gasteiger partial charge in [-0.15, -0.1) is 5.10 Å². The number of allylic oxidation sites excluding steroid dienone is 1. The van der Waals surface area contributed by atoms with Gasteiger partial charge in [-0.05, 0) is 6.07 Å². The van der Waals surface area contributed by atoms with E-state index in [2.05, 4.69) is 16.4 Å². The van der Waals surface area contributed by atoms with Crippen LogP contribution in [0.25, 0.3) is 11.3 Å². The fourth-order valence-electron chi connectivity index (χ4n) is 4.33. The zero-order valence-electron chi connectivity index (χ0n) is 18.8. The first-order valence-corrected chi connectivity index (χ1v) is 10.9. The molecular formula is C27H21N5O3. The third-order valence-electron chi connectivity index (χ3n) is 5.98. The van der Waals surface area contributed by atoms with E-state index in [9.17, 15) is 10.1 Å². The molecule has 0 fully saturated rings. The molecule has 2 N–H and O–H groups in total. The van der Waals surface area contributed by atoms with E-state index in [1.54, 1.807) is 48.7 Å². The third-order valence-corrected chi connectivity index (χ3v) is 5.98. The highest BCUT2D eigenvalue weighted by atomic mass is 16.5. The molecule has 35 heavy (non-hydrogen) atoms. The molecule has 5 rings (SSSR count). The van der Waals surface area contributed by atoms with Crippen LogP contribution in [0.5, 0.6) is 11.5 Å². The highest BCUT2D eigenvalue weighted by molar-refractivity contribution is 6.00. The van der Waals surface area contributed by atoms with Crippen molar-refractivity contribution in [3.63, 3.8) is 0 Å². The van der Waals surface area contributed by atoms with Crippen LogP contribution in [0.2, 0.25) is 0 Å².